The van der Waals surface area contributed by atoms with Crippen LogP contribution in [-0.2, 0) is 28.8 Å². The fraction of sp³-hybridized carbons (Fsp3) is 0.600. The van der Waals surface area contributed by atoms with Crippen molar-refractivity contribution in [3.05, 3.63) is 0 Å². The van der Waals surface area contributed by atoms with E-state index in [0.717, 1.165) is 6.92 Å². The normalized spacial score (nSPS) is 14.7. The maximum Gasteiger partial charge on any atom is 0.325 e. The van der Waals surface area contributed by atoms with Gasteiger partial charge in [-0.2, -0.15) is 0 Å². The highest BCUT2D eigenvalue weighted by atomic mass is 16.4. The van der Waals surface area contributed by atoms with Gasteiger partial charge < -0.3 is 37.6 Å². The number of hydrogen-bond acceptors (Lipinski definition) is 7. The van der Waals surface area contributed by atoms with Gasteiger partial charge >= 0.3 is 11.9 Å². The Balaban J connectivity index is 4.89. The van der Waals surface area contributed by atoms with Crippen LogP contribution in [0.3, 0.4) is 0 Å². The number of carboxylic acids is 2. The van der Waals surface area contributed by atoms with Crippen LogP contribution < -0.4 is 27.4 Å². The Morgan fingerprint density at radius 3 is 1.86 bits per heavy atom. The third kappa shape index (κ3) is 9.47. The molecule has 0 aliphatic carbocycles. The zero-order chi connectivity index (χ0) is 22.0. The molecule has 0 aliphatic rings. The number of carbonyl (C=O) groups is 6. The predicted molar refractivity (Wildman–Crippen MR) is 93.4 cm³/mol. The van der Waals surface area contributed by atoms with Crippen molar-refractivity contribution in [3.63, 3.8) is 0 Å². The average Bonchev–Trinajstić information content (AvgIpc) is 2.57. The van der Waals surface area contributed by atoms with E-state index >= 15 is 0 Å². The molecule has 0 saturated heterocycles. The number of primary amides is 1. The van der Waals surface area contributed by atoms with E-state index in [0.29, 0.717) is 0 Å². The predicted octanol–water partition coefficient (Wildman–Crippen LogP) is -3.37. The van der Waals surface area contributed by atoms with Gasteiger partial charge in [0, 0.05) is 6.42 Å². The van der Waals surface area contributed by atoms with Crippen molar-refractivity contribution in [3.8, 4) is 0 Å². The number of amides is 4. The molecule has 13 nitrogen and oxygen atoms in total. The molecule has 0 spiro atoms. The molecule has 4 atom stereocenters. The van der Waals surface area contributed by atoms with Crippen molar-refractivity contribution < 1.29 is 39.0 Å². The Hall–Kier alpha value is -3.22. The zero-order valence-corrected chi connectivity index (χ0v) is 15.4. The topological polar surface area (TPSA) is 231 Å². The largest absolute Gasteiger partial charge is 0.481 e. The fourth-order valence-electron chi connectivity index (χ4n) is 1.87. The van der Waals surface area contributed by atoms with Crippen molar-refractivity contribution in [2.24, 2.45) is 11.5 Å². The highest BCUT2D eigenvalue weighted by molar-refractivity contribution is 5.95. The second-order valence-electron chi connectivity index (χ2n) is 6.07. The summed E-state index contributed by atoms with van der Waals surface area (Å²) in [5, 5.41) is 24.1. The quantitative estimate of drug-likeness (QED) is 0.172. The molecule has 0 bridgehead atoms. The Kier molecular flexibility index (Phi) is 10.2. The van der Waals surface area contributed by atoms with E-state index in [1.54, 1.807) is 0 Å². The molecule has 4 unspecified atom stereocenters. The number of carboxylic acid groups (broad SMARTS) is 2. The summed E-state index contributed by atoms with van der Waals surface area (Å²) in [6, 6.07) is -5.15. The standard InChI is InChI=1S/C15H25N5O8/c1-6(18-13(25)8(16)3-4-10(17)21)12(24)20-9(5-11(22)23)14(26)19-7(2)15(27)28/h6-9H,3-5,16H2,1-2H3,(H2,17,21)(H,18,25)(H,19,26)(H,20,24)(H,22,23)(H,27,28). The lowest BCUT2D eigenvalue weighted by atomic mass is 10.1. The maximum atomic E-state index is 12.2. The molecule has 158 valence electrons. The summed E-state index contributed by atoms with van der Waals surface area (Å²) in [4.78, 5) is 68.5. The monoisotopic (exact) mass is 403 g/mol. The van der Waals surface area contributed by atoms with Crippen molar-refractivity contribution in [2.45, 2.75) is 57.3 Å². The molecule has 0 aromatic rings. The van der Waals surface area contributed by atoms with E-state index in [2.05, 4.69) is 10.6 Å². The van der Waals surface area contributed by atoms with Crippen LogP contribution >= 0.6 is 0 Å². The Labute approximate surface area is 160 Å². The maximum absolute atomic E-state index is 12.2. The van der Waals surface area contributed by atoms with E-state index in [-0.39, 0.29) is 12.8 Å². The van der Waals surface area contributed by atoms with E-state index in [4.69, 9.17) is 21.7 Å². The first-order valence-corrected chi connectivity index (χ1v) is 8.24. The summed E-state index contributed by atoms with van der Waals surface area (Å²) in [6.07, 6.45) is -0.965. The minimum atomic E-state index is -1.56. The third-order valence-corrected chi connectivity index (χ3v) is 3.53. The average molecular weight is 403 g/mol. The Morgan fingerprint density at radius 2 is 1.39 bits per heavy atom. The Bertz CT molecular complexity index is 638. The first-order valence-electron chi connectivity index (χ1n) is 8.24. The van der Waals surface area contributed by atoms with E-state index in [1.165, 1.54) is 6.92 Å². The number of rotatable bonds is 12. The molecular formula is C15H25N5O8. The van der Waals surface area contributed by atoms with Gasteiger partial charge in [0.1, 0.15) is 18.1 Å². The van der Waals surface area contributed by atoms with Gasteiger partial charge in [-0.1, -0.05) is 0 Å². The third-order valence-electron chi connectivity index (χ3n) is 3.53. The van der Waals surface area contributed by atoms with E-state index in [1.807, 2.05) is 5.32 Å². The van der Waals surface area contributed by atoms with Gasteiger partial charge in [0.15, 0.2) is 0 Å². The van der Waals surface area contributed by atoms with Crippen LogP contribution in [0.4, 0.5) is 0 Å². The molecule has 0 fully saturated rings. The molecular weight excluding hydrogens is 378 g/mol. The highest BCUT2D eigenvalue weighted by Crippen LogP contribution is 1.98. The number of nitrogens with two attached hydrogens (primary N) is 2. The zero-order valence-electron chi connectivity index (χ0n) is 15.4. The van der Waals surface area contributed by atoms with Crippen LogP contribution in [0.1, 0.15) is 33.1 Å². The van der Waals surface area contributed by atoms with Crippen molar-refractivity contribution in [2.75, 3.05) is 0 Å². The van der Waals surface area contributed by atoms with Gasteiger partial charge in [-0.3, -0.25) is 28.8 Å². The minimum Gasteiger partial charge on any atom is -0.481 e. The molecule has 13 heteroatoms. The smallest absolute Gasteiger partial charge is 0.325 e. The van der Waals surface area contributed by atoms with Crippen LogP contribution in [0.5, 0.6) is 0 Å². The van der Waals surface area contributed by atoms with Crippen molar-refractivity contribution >= 4 is 35.6 Å². The Morgan fingerprint density at radius 1 is 0.857 bits per heavy atom. The summed E-state index contributed by atoms with van der Waals surface area (Å²) in [5.41, 5.74) is 10.5. The van der Waals surface area contributed by atoms with E-state index < -0.39 is 66.2 Å². The molecule has 0 rings (SSSR count). The van der Waals surface area contributed by atoms with Gasteiger partial charge in [0.05, 0.1) is 12.5 Å². The van der Waals surface area contributed by atoms with Crippen molar-refractivity contribution in [1.82, 2.24) is 16.0 Å². The lowest BCUT2D eigenvalue weighted by Crippen LogP contribution is -2.56. The SMILES string of the molecule is CC(NC(=O)C(CC(=O)O)NC(=O)C(C)NC(=O)C(N)CCC(N)=O)C(=O)O. The van der Waals surface area contributed by atoms with Gasteiger partial charge in [0.2, 0.25) is 23.6 Å². The number of hydrogen-bond donors (Lipinski definition) is 7. The first kappa shape index (κ1) is 24.8. The summed E-state index contributed by atoms with van der Waals surface area (Å²) >= 11 is 0. The minimum absolute atomic E-state index is 0.0351. The van der Waals surface area contributed by atoms with Crippen LogP contribution in [0.25, 0.3) is 0 Å². The second-order valence-corrected chi connectivity index (χ2v) is 6.07. The lowest BCUT2D eigenvalue weighted by Gasteiger charge is -2.22. The first-order chi connectivity index (χ1) is 12.8. The molecule has 0 aromatic heterocycles. The lowest BCUT2D eigenvalue weighted by molar-refractivity contribution is -0.143. The molecule has 0 heterocycles. The summed E-state index contributed by atoms with van der Waals surface area (Å²) in [7, 11) is 0. The van der Waals surface area contributed by atoms with E-state index in [9.17, 15) is 28.8 Å². The van der Waals surface area contributed by atoms with Crippen LogP contribution in [0.2, 0.25) is 0 Å². The molecule has 0 radical (unpaired) electrons. The summed E-state index contributed by atoms with van der Waals surface area (Å²) in [6.45, 7) is 2.43. The van der Waals surface area contributed by atoms with Gasteiger partial charge in [0.25, 0.3) is 0 Å². The van der Waals surface area contributed by atoms with Crippen LogP contribution in [0, 0.1) is 0 Å². The number of carbonyl (C=O) groups excluding carboxylic acids is 4. The molecule has 28 heavy (non-hydrogen) atoms. The molecule has 0 aromatic carbocycles. The van der Waals surface area contributed by atoms with Gasteiger partial charge in [-0.05, 0) is 20.3 Å². The second kappa shape index (κ2) is 11.5. The molecule has 0 saturated carbocycles. The summed E-state index contributed by atoms with van der Waals surface area (Å²) in [5.74, 6) is -6.05. The van der Waals surface area contributed by atoms with Crippen LogP contribution in [0.15, 0.2) is 0 Å². The highest BCUT2D eigenvalue weighted by Gasteiger charge is 2.29. The van der Waals surface area contributed by atoms with Gasteiger partial charge in [-0.15, -0.1) is 0 Å². The number of aliphatic carboxylic acids is 2. The van der Waals surface area contributed by atoms with Crippen LogP contribution in [-0.4, -0.2) is 69.9 Å². The van der Waals surface area contributed by atoms with Crippen molar-refractivity contribution in [1.29, 1.82) is 0 Å². The summed E-state index contributed by atoms with van der Waals surface area (Å²) < 4.78 is 0. The molecule has 4 amide bonds. The molecule has 9 N–H and O–H groups in total. The number of nitrogens with one attached hydrogen (secondary N) is 3. The van der Waals surface area contributed by atoms with Gasteiger partial charge in [-0.25, -0.2) is 0 Å². The fourth-order valence-corrected chi connectivity index (χ4v) is 1.87. The molecule has 0 aliphatic heterocycles.